The molecule has 3 atom stereocenters. The second kappa shape index (κ2) is 36.3. The minimum atomic E-state index is -0.872. The highest BCUT2D eigenvalue weighted by Crippen LogP contribution is 2.36. The van der Waals surface area contributed by atoms with Crippen LogP contribution in [-0.4, -0.2) is 192 Å². The standard InChI is InChI=1S/C28H36Cl2N2O3.C24H28Cl2N2O4.C24H28Cl2N2O3/c1-20-25(9-8-24(29)26(20)30)35-23-12-14-31(15-13-23)19-22-10-16-32(17-11-22)28(2,27(33)34)18-21-6-4-3-5-7-21;25-21-7-6-19(14-22(21)26)32-18-8-10-27(11-9-18)15-20-16-28(12-13-31-20)23(24(29)30)17-4-2-1-3-5-17;25-22-5-4-21(15-23(22)26)31-20-8-10-27(11-9-20)16-17-6-12-28(13-7-17)19-3-1-2-18(14-19)24(29)30/h3-9,22-23H,10-19H2,1-2H3,(H,33,34);1-7,14,18,20,23H,8-13,15-16H2,(H,29,30);1-5,14-15,17,20H,6-13,16H2,(H,29,30)/t28-;;/m0../s1. The third-order valence-corrected chi connectivity index (χ3v) is 22.6. The van der Waals surface area contributed by atoms with Crippen molar-refractivity contribution in [1.82, 2.24) is 24.5 Å². The smallest absolute Gasteiger partial charge is 0.335 e. The summed E-state index contributed by atoms with van der Waals surface area (Å²) in [5.41, 5.74) is 3.27. The van der Waals surface area contributed by atoms with E-state index in [-0.39, 0.29) is 24.4 Å². The molecule has 6 aromatic rings. The third-order valence-electron chi connectivity index (χ3n) is 20.2. The van der Waals surface area contributed by atoms with Gasteiger partial charge in [-0.2, -0.15) is 0 Å². The first-order valence-electron chi connectivity index (χ1n) is 34.5. The van der Waals surface area contributed by atoms with E-state index >= 15 is 0 Å². The van der Waals surface area contributed by atoms with Crippen molar-refractivity contribution in [1.29, 1.82) is 0 Å². The maximum atomic E-state index is 12.3. The molecule has 6 aromatic carbocycles. The van der Waals surface area contributed by atoms with Gasteiger partial charge in [0.2, 0.25) is 0 Å². The highest BCUT2D eigenvalue weighted by Gasteiger charge is 2.42. The fraction of sp³-hybridized carbons (Fsp3) is 0.487. The van der Waals surface area contributed by atoms with Crippen molar-refractivity contribution in [2.24, 2.45) is 11.8 Å². The molecule has 12 rings (SSSR count). The van der Waals surface area contributed by atoms with Crippen molar-refractivity contribution in [2.45, 2.75) is 120 Å². The number of anilines is 1. The number of likely N-dealkylation sites (tertiary alicyclic amines) is 4. The average molecular weight is 1460 g/mol. The predicted octanol–water partition coefficient (Wildman–Crippen LogP) is 15.8. The van der Waals surface area contributed by atoms with Crippen LogP contribution in [0.1, 0.15) is 104 Å². The molecule has 6 saturated heterocycles. The SMILES string of the molecule is Cc1c(OC2CCN(CC3CCN([C@@](C)(Cc4ccccc4)C(=O)O)CC3)CC2)ccc(Cl)c1Cl.O=C(O)C(c1ccccc1)N1CCOC(CN2CCC(Oc3ccc(Cl)c(Cl)c3)CC2)C1.O=C(O)c1cccc(N2CCC(CN3CCC(Oc4ccc(Cl)c(Cl)c4)CC3)CC2)c1. The Morgan fingerprint density at radius 2 is 1.03 bits per heavy atom. The highest BCUT2D eigenvalue weighted by atomic mass is 35.5. The van der Waals surface area contributed by atoms with Crippen LogP contribution in [0.5, 0.6) is 17.2 Å². The van der Waals surface area contributed by atoms with Crippen molar-refractivity contribution in [3.05, 3.63) is 186 Å². The van der Waals surface area contributed by atoms with Gasteiger partial charge in [-0.3, -0.25) is 19.4 Å². The number of ether oxygens (including phenoxy) is 4. The number of nitrogens with zero attached hydrogens (tertiary/aromatic N) is 6. The van der Waals surface area contributed by atoms with Gasteiger partial charge in [0.15, 0.2) is 0 Å². The van der Waals surface area contributed by atoms with Crippen molar-refractivity contribution < 1.29 is 48.7 Å². The summed E-state index contributed by atoms with van der Waals surface area (Å²) in [6.45, 7) is 18.1. The predicted molar refractivity (Wildman–Crippen MR) is 391 cm³/mol. The van der Waals surface area contributed by atoms with E-state index in [1.54, 1.807) is 42.5 Å². The maximum absolute atomic E-state index is 12.3. The van der Waals surface area contributed by atoms with Crippen LogP contribution in [0.2, 0.25) is 30.1 Å². The topological polar surface area (TPSA) is 168 Å². The van der Waals surface area contributed by atoms with Crippen LogP contribution in [0, 0.1) is 18.8 Å². The molecule has 3 N–H and O–H groups in total. The number of aromatic carboxylic acids is 1. The normalized spacial score (nSPS) is 20.4. The molecule has 0 spiro atoms. The summed E-state index contributed by atoms with van der Waals surface area (Å²) in [7, 11) is 0. The van der Waals surface area contributed by atoms with Crippen LogP contribution in [0.15, 0.2) is 133 Å². The molecular formula is C76H92Cl6N6O10. The van der Waals surface area contributed by atoms with Gasteiger partial charge in [0, 0.05) is 115 Å². The summed E-state index contributed by atoms with van der Waals surface area (Å²) in [6, 6.07) is 40.5. The molecule has 2 unspecified atom stereocenters. The molecule has 528 valence electrons. The fourth-order valence-corrected chi connectivity index (χ4v) is 15.4. The molecule has 0 bridgehead atoms. The zero-order chi connectivity index (χ0) is 69.3. The average Bonchev–Trinajstić information content (AvgIpc) is 0.886. The van der Waals surface area contributed by atoms with Crippen LogP contribution in [0.3, 0.4) is 0 Å². The van der Waals surface area contributed by atoms with E-state index < -0.39 is 29.5 Å². The molecule has 6 heterocycles. The maximum Gasteiger partial charge on any atom is 0.335 e. The van der Waals surface area contributed by atoms with Gasteiger partial charge in [-0.1, -0.05) is 136 Å². The van der Waals surface area contributed by atoms with Crippen LogP contribution < -0.4 is 19.1 Å². The number of hydrogen-bond acceptors (Lipinski definition) is 13. The Morgan fingerprint density at radius 1 is 0.531 bits per heavy atom. The summed E-state index contributed by atoms with van der Waals surface area (Å²) in [4.78, 5) is 49.5. The number of carbonyl (C=O) groups is 3. The number of hydrogen-bond donors (Lipinski definition) is 3. The van der Waals surface area contributed by atoms with Gasteiger partial charge in [-0.15, -0.1) is 0 Å². The second-order valence-electron chi connectivity index (χ2n) is 27.1. The summed E-state index contributed by atoms with van der Waals surface area (Å²) >= 11 is 36.5. The van der Waals surface area contributed by atoms with Gasteiger partial charge in [0.1, 0.15) is 47.1 Å². The van der Waals surface area contributed by atoms with E-state index in [4.69, 9.17) is 88.6 Å². The molecule has 6 fully saturated rings. The van der Waals surface area contributed by atoms with Crippen LogP contribution in [0.4, 0.5) is 5.69 Å². The molecular weight excluding hydrogens is 1370 g/mol. The van der Waals surface area contributed by atoms with E-state index in [1.165, 1.54) is 0 Å². The minimum Gasteiger partial charge on any atom is -0.490 e. The van der Waals surface area contributed by atoms with E-state index in [9.17, 15) is 29.7 Å². The lowest BCUT2D eigenvalue weighted by Gasteiger charge is -2.43. The molecule has 0 aliphatic carbocycles. The second-order valence-corrected chi connectivity index (χ2v) is 29.5. The quantitative estimate of drug-likeness (QED) is 0.0622. The number of piperidine rings is 5. The van der Waals surface area contributed by atoms with Crippen molar-refractivity contribution >= 4 is 93.2 Å². The molecule has 6 aliphatic heterocycles. The molecule has 22 heteroatoms. The van der Waals surface area contributed by atoms with E-state index in [2.05, 4.69) is 24.5 Å². The van der Waals surface area contributed by atoms with Crippen LogP contribution in [0.25, 0.3) is 0 Å². The van der Waals surface area contributed by atoms with Gasteiger partial charge in [0.05, 0.1) is 48.4 Å². The number of rotatable bonds is 21. The Balaban J connectivity index is 0.000000160. The van der Waals surface area contributed by atoms with Gasteiger partial charge in [-0.25, -0.2) is 4.79 Å². The number of aliphatic carboxylic acids is 2. The summed E-state index contributed by atoms with van der Waals surface area (Å²) in [6.07, 6.45) is 11.3. The lowest BCUT2D eigenvalue weighted by molar-refractivity contribution is -0.152. The number of benzene rings is 6. The molecule has 0 amide bonds. The number of morpholine rings is 1. The Kier molecular flexibility index (Phi) is 27.9. The highest BCUT2D eigenvalue weighted by molar-refractivity contribution is 6.43. The zero-order valence-electron chi connectivity index (χ0n) is 56.0. The number of halogens is 6. The fourth-order valence-electron chi connectivity index (χ4n) is 14.4. The first-order valence-corrected chi connectivity index (χ1v) is 36.8. The summed E-state index contributed by atoms with van der Waals surface area (Å²) in [5, 5.41) is 32.3. The van der Waals surface area contributed by atoms with Gasteiger partial charge >= 0.3 is 17.9 Å². The molecule has 0 aromatic heterocycles. The van der Waals surface area contributed by atoms with E-state index in [1.807, 2.05) is 110 Å². The Bertz CT molecular complexity index is 3550. The minimum absolute atomic E-state index is 0.0122. The van der Waals surface area contributed by atoms with Gasteiger partial charge < -0.3 is 53.9 Å². The Labute approximate surface area is 607 Å². The first-order chi connectivity index (χ1) is 47.2. The Hall–Kier alpha value is -5.57. The first kappa shape index (κ1) is 75.1. The zero-order valence-corrected chi connectivity index (χ0v) is 60.5. The monoisotopic (exact) mass is 1460 g/mol. The van der Waals surface area contributed by atoms with E-state index in [0.29, 0.717) is 73.7 Å². The lowest BCUT2D eigenvalue weighted by Crippen LogP contribution is -2.57. The van der Waals surface area contributed by atoms with Gasteiger partial charge in [-0.05, 0) is 169 Å². The lowest BCUT2D eigenvalue weighted by atomic mass is 9.86. The summed E-state index contributed by atoms with van der Waals surface area (Å²) < 4.78 is 24.4. The molecule has 0 saturated carbocycles. The summed E-state index contributed by atoms with van der Waals surface area (Å²) in [5.74, 6) is 1.21. The van der Waals surface area contributed by atoms with Crippen molar-refractivity contribution in [3.8, 4) is 17.2 Å². The Morgan fingerprint density at radius 3 is 1.54 bits per heavy atom. The van der Waals surface area contributed by atoms with E-state index in [0.717, 1.165) is 189 Å². The molecule has 0 radical (unpaired) electrons. The van der Waals surface area contributed by atoms with Crippen molar-refractivity contribution in [2.75, 3.05) is 110 Å². The van der Waals surface area contributed by atoms with Gasteiger partial charge in [0.25, 0.3) is 0 Å². The number of carboxylic acids is 3. The molecule has 16 nitrogen and oxygen atoms in total. The van der Waals surface area contributed by atoms with Crippen LogP contribution in [-0.2, 0) is 20.7 Å². The largest absolute Gasteiger partial charge is 0.490 e. The van der Waals surface area contributed by atoms with Crippen LogP contribution >= 0.6 is 69.6 Å². The molecule has 6 aliphatic rings. The molecule has 98 heavy (non-hydrogen) atoms. The van der Waals surface area contributed by atoms with Crippen molar-refractivity contribution in [3.63, 3.8) is 0 Å². The number of carboxylic acid groups (broad SMARTS) is 3. The third kappa shape index (κ3) is 21.3.